The van der Waals surface area contributed by atoms with Gasteiger partial charge in [0.2, 0.25) is 15.9 Å². The van der Waals surface area contributed by atoms with Crippen LogP contribution in [0.5, 0.6) is 0 Å². The lowest BCUT2D eigenvalue weighted by molar-refractivity contribution is -0.120. The number of rotatable bonds is 7. The Hall–Kier alpha value is -2.13. The summed E-state index contributed by atoms with van der Waals surface area (Å²) in [5, 5.41) is 12.9. The lowest BCUT2D eigenvalue weighted by Gasteiger charge is -2.08. The molecule has 0 unspecified atom stereocenters. The van der Waals surface area contributed by atoms with Crippen molar-refractivity contribution >= 4 is 22.0 Å². The molecule has 3 amide bonds. The average molecular weight is 340 g/mol. The Morgan fingerprint density at radius 3 is 2.35 bits per heavy atom. The monoisotopic (exact) mass is 340 g/mol. The molecule has 1 aliphatic rings. The summed E-state index contributed by atoms with van der Waals surface area (Å²) in [5.74, 6) is -0.280. The zero-order valence-corrected chi connectivity index (χ0v) is 13.4. The Labute approximate surface area is 134 Å². The van der Waals surface area contributed by atoms with Gasteiger partial charge in [0.05, 0.1) is 11.4 Å². The molecule has 0 heterocycles. The Bertz CT molecular complexity index is 669. The third kappa shape index (κ3) is 6.25. The van der Waals surface area contributed by atoms with Gasteiger partial charge >= 0.3 is 6.03 Å². The van der Waals surface area contributed by atoms with Crippen LogP contribution in [0.15, 0.2) is 29.2 Å². The molecule has 126 valence electrons. The van der Waals surface area contributed by atoms with Crippen molar-refractivity contribution in [3.63, 3.8) is 0 Å². The van der Waals surface area contributed by atoms with Crippen molar-refractivity contribution < 1.29 is 18.0 Å². The molecule has 0 aliphatic heterocycles. The highest BCUT2D eigenvalue weighted by Gasteiger charge is 2.23. The number of hydrogen-bond donors (Lipinski definition) is 4. The lowest BCUT2D eigenvalue weighted by Crippen LogP contribution is -2.43. The molecule has 1 fully saturated rings. The van der Waals surface area contributed by atoms with Crippen molar-refractivity contribution in [1.29, 1.82) is 0 Å². The van der Waals surface area contributed by atoms with Gasteiger partial charge in [0.1, 0.15) is 0 Å². The molecule has 2 rings (SSSR count). The van der Waals surface area contributed by atoms with E-state index in [0.29, 0.717) is 13.0 Å². The Morgan fingerprint density at radius 2 is 1.78 bits per heavy atom. The summed E-state index contributed by atoms with van der Waals surface area (Å²) in [6.07, 6.45) is 2.53. The van der Waals surface area contributed by atoms with Gasteiger partial charge in [0.15, 0.2) is 0 Å². The maximum atomic E-state index is 11.6. The number of nitrogens with one attached hydrogen (secondary N) is 3. The smallest absolute Gasteiger partial charge is 0.315 e. The maximum absolute atomic E-state index is 11.6. The highest BCUT2D eigenvalue weighted by Crippen LogP contribution is 2.18. The fourth-order valence-electron chi connectivity index (χ4n) is 1.88. The van der Waals surface area contributed by atoms with Crippen LogP contribution < -0.4 is 21.1 Å². The van der Waals surface area contributed by atoms with Gasteiger partial charge in [0, 0.05) is 12.6 Å². The topological polar surface area (TPSA) is 130 Å². The van der Waals surface area contributed by atoms with Crippen LogP contribution in [0.3, 0.4) is 0 Å². The van der Waals surface area contributed by atoms with Crippen LogP contribution in [0.4, 0.5) is 4.79 Å². The number of carbonyl (C=O) groups excluding carboxylic acids is 2. The van der Waals surface area contributed by atoms with E-state index in [-0.39, 0.29) is 29.4 Å². The summed E-state index contributed by atoms with van der Waals surface area (Å²) in [6.45, 7) is 0.308. The van der Waals surface area contributed by atoms with Crippen molar-refractivity contribution in [2.75, 3.05) is 13.1 Å². The van der Waals surface area contributed by atoms with Crippen LogP contribution in [0.1, 0.15) is 18.4 Å². The lowest BCUT2D eigenvalue weighted by atomic mass is 10.1. The molecule has 0 aromatic heterocycles. The minimum absolute atomic E-state index is 0.0520. The van der Waals surface area contributed by atoms with E-state index in [1.807, 2.05) is 0 Å². The molecule has 0 bridgehead atoms. The molecule has 5 N–H and O–H groups in total. The standard InChI is InChI=1S/C14H20N4O4S/c15-23(21,22)12-5-1-10(2-6-12)7-8-16-13(19)9-17-14(20)18-11-3-4-11/h1-2,5-6,11H,3-4,7-9H2,(H,16,19)(H2,15,21,22)(H2,17,18,20). The number of benzene rings is 1. The van der Waals surface area contributed by atoms with E-state index in [1.54, 1.807) is 12.1 Å². The van der Waals surface area contributed by atoms with E-state index in [2.05, 4.69) is 16.0 Å². The van der Waals surface area contributed by atoms with Crippen molar-refractivity contribution in [1.82, 2.24) is 16.0 Å². The molecule has 1 saturated carbocycles. The van der Waals surface area contributed by atoms with E-state index in [4.69, 9.17) is 5.14 Å². The predicted molar refractivity (Wildman–Crippen MR) is 84.1 cm³/mol. The van der Waals surface area contributed by atoms with Gasteiger partial charge in [-0.25, -0.2) is 18.4 Å². The molecule has 1 aromatic carbocycles. The number of sulfonamides is 1. The summed E-state index contributed by atoms with van der Waals surface area (Å²) in [5.41, 5.74) is 0.872. The van der Waals surface area contributed by atoms with Crippen molar-refractivity contribution in [2.45, 2.75) is 30.2 Å². The van der Waals surface area contributed by atoms with Gasteiger partial charge in [-0.2, -0.15) is 0 Å². The predicted octanol–water partition coefficient (Wildman–Crippen LogP) is -0.546. The largest absolute Gasteiger partial charge is 0.354 e. The third-order valence-electron chi connectivity index (χ3n) is 3.31. The van der Waals surface area contributed by atoms with E-state index in [1.165, 1.54) is 12.1 Å². The summed E-state index contributed by atoms with van der Waals surface area (Å²) < 4.78 is 22.3. The molecule has 1 aromatic rings. The zero-order valence-electron chi connectivity index (χ0n) is 12.5. The highest BCUT2D eigenvalue weighted by molar-refractivity contribution is 7.89. The molecular weight excluding hydrogens is 320 g/mol. The fourth-order valence-corrected chi connectivity index (χ4v) is 2.39. The van der Waals surface area contributed by atoms with Crippen LogP contribution in [0, 0.1) is 0 Å². The Kier molecular flexibility index (Phi) is 5.56. The second-order valence-corrected chi connectivity index (χ2v) is 6.95. The van der Waals surface area contributed by atoms with Crippen LogP contribution in [-0.2, 0) is 21.2 Å². The number of nitrogens with two attached hydrogens (primary N) is 1. The maximum Gasteiger partial charge on any atom is 0.315 e. The molecule has 0 atom stereocenters. The minimum atomic E-state index is -3.69. The number of primary sulfonamides is 1. The number of carbonyl (C=O) groups is 2. The van der Waals surface area contributed by atoms with Crippen LogP contribution in [0.25, 0.3) is 0 Å². The third-order valence-corrected chi connectivity index (χ3v) is 4.24. The molecule has 0 saturated heterocycles. The van der Waals surface area contributed by atoms with Gasteiger partial charge in [-0.05, 0) is 37.0 Å². The van der Waals surface area contributed by atoms with Crippen molar-refractivity contribution in [3.8, 4) is 0 Å². The van der Waals surface area contributed by atoms with Gasteiger partial charge in [0.25, 0.3) is 0 Å². The molecule has 9 heteroatoms. The quantitative estimate of drug-likeness (QED) is 0.531. The van der Waals surface area contributed by atoms with Gasteiger partial charge in [-0.3, -0.25) is 4.79 Å². The summed E-state index contributed by atoms with van der Waals surface area (Å²) in [6, 6.07) is 6.06. The minimum Gasteiger partial charge on any atom is -0.354 e. The molecule has 0 radical (unpaired) electrons. The van der Waals surface area contributed by atoms with Crippen LogP contribution in [0.2, 0.25) is 0 Å². The molecule has 23 heavy (non-hydrogen) atoms. The van der Waals surface area contributed by atoms with E-state index < -0.39 is 10.0 Å². The average Bonchev–Trinajstić information content (AvgIpc) is 3.29. The van der Waals surface area contributed by atoms with Gasteiger partial charge < -0.3 is 16.0 Å². The summed E-state index contributed by atoms with van der Waals surface area (Å²) >= 11 is 0. The first-order chi connectivity index (χ1) is 10.8. The fraction of sp³-hybridized carbons (Fsp3) is 0.429. The molecule has 0 spiro atoms. The SMILES string of the molecule is NS(=O)(=O)c1ccc(CCNC(=O)CNC(=O)NC2CC2)cc1. The number of urea groups is 1. The van der Waals surface area contributed by atoms with Gasteiger partial charge in [-0.15, -0.1) is 0 Å². The second kappa shape index (κ2) is 7.42. The number of amides is 3. The molecule has 1 aliphatic carbocycles. The first-order valence-electron chi connectivity index (χ1n) is 7.27. The van der Waals surface area contributed by atoms with Crippen LogP contribution >= 0.6 is 0 Å². The Morgan fingerprint density at radius 1 is 1.13 bits per heavy atom. The molecule has 8 nitrogen and oxygen atoms in total. The van der Waals surface area contributed by atoms with E-state index >= 15 is 0 Å². The first-order valence-corrected chi connectivity index (χ1v) is 8.82. The summed E-state index contributed by atoms with van der Waals surface area (Å²) in [4.78, 5) is 23.0. The molecular formula is C14H20N4O4S. The van der Waals surface area contributed by atoms with Crippen LogP contribution in [-0.4, -0.2) is 39.5 Å². The first kappa shape index (κ1) is 17.2. The Balaban J connectivity index is 1.65. The highest BCUT2D eigenvalue weighted by atomic mass is 32.2. The summed E-state index contributed by atoms with van der Waals surface area (Å²) in [7, 11) is -3.69. The second-order valence-electron chi connectivity index (χ2n) is 5.39. The van der Waals surface area contributed by atoms with Crippen molar-refractivity contribution in [2.24, 2.45) is 5.14 Å². The van der Waals surface area contributed by atoms with Crippen molar-refractivity contribution in [3.05, 3.63) is 29.8 Å². The van der Waals surface area contributed by atoms with Gasteiger partial charge in [-0.1, -0.05) is 12.1 Å². The normalized spacial score (nSPS) is 14.1. The van der Waals surface area contributed by atoms with E-state index in [0.717, 1.165) is 18.4 Å². The zero-order chi connectivity index (χ0) is 16.9. The van der Waals surface area contributed by atoms with E-state index in [9.17, 15) is 18.0 Å². The number of hydrogen-bond acceptors (Lipinski definition) is 4.